The standard InChI is InChI=1S/C17H14F3N5OS/c1-2-21-13-7-10(3-4-11(13)17(18,19)20)12-5-6-15(25-24-12)23-16(26)14-8-27-9-22-14/h3-9,21H,2H2,1H3,(H,23,25,26). The number of nitrogens with one attached hydrogen (secondary N) is 2. The van der Waals surface area contributed by atoms with Gasteiger partial charge in [0.2, 0.25) is 0 Å². The lowest BCUT2D eigenvalue weighted by Crippen LogP contribution is -2.13. The zero-order valence-electron chi connectivity index (χ0n) is 14.0. The molecule has 0 radical (unpaired) electrons. The molecule has 1 aromatic carbocycles. The lowest BCUT2D eigenvalue weighted by Gasteiger charge is -2.15. The van der Waals surface area contributed by atoms with E-state index in [1.807, 2.05) is 0 Å². The summed E-state index contributed by atoms with van der Waals surface area (Å²) >= 11 is 1.29. The molecule has 0 aliphatic rings. The van der Waals surface area contributed by atoms with Crippen molar-refractivity contribution in [1.29, 1.82) is 0 Å². The average Bonchev–Trinajstić information content (AvgIpc) is 3.16. The number of aromatic nitrogens is 3. The van der Waals surface area contributed by atoms with Crippen LogP contribution < -0.4 is 10.6 Å². The first-order chi connectivity index (χ1) is 12.9. The fourth-order valence-corrected chi connectivity index (χ4v) is 2.88. The first kappa shape index (κ1) is 18.8. The highest BCUT2D eigenvalue weighted by atomic mass is 32.1. The van der Waals surface area contributed by atoms with Gasteiger partial charge in [-0.15, -0.1) is 21.5 Å². The van der Waals surface area contributed by atoms with Crippen LogP contribution in [0.3, 0.4) is 0 Å². The normalized spacial score (nSPS) is 11.3. The Bertz CT molecular complexity index is 927. The van der Waals surface area contributed by atoms with Crippen molar-refractivity contribution < 1.29 is 18.0 Å². The van der Waals surface area contributed by atoms with E-state index in [4.69, 9.17) is 0 Å². The molecular weight excluding hydrogens is 379 g/mol. The summed E-state index contributed by atoms with van der Waals surface area (Å²) in [5.74, 6) is -0.196. The van der Waals surface area contributed by atoms with E-state index >= 15 is 0 Å². The number of carbonyl (C=O) groups excluding carboxylic acids is 1. The number of rotatable bonds is 5. The molecule has 27 heavy (non-hydrogen) atoms. The number of alkyl halides is 3. The third kappa shape index (κ3) is 4.40. The lowest BCUT2D eigenvalue weighted by molar-refractivity contribution is -0.136. The first-order valence-corrected chi connectivity index (χ1v) is 8.81. The molecule has 2 N–H and O–H groups in total. The van der Waals surface area contributed by atoms with E-state index in [9.17, 15) is 18.0 Å². The molecule has 0 saturated carbocycles. The minimum Gasteiger partial charge on any atom is -0.385 e. The van der Waals surface area contributed by atoms with Gasteiger partial charge in [0, 0.05) is 23.2 Å². The van der Waals surface area contributed by atoms with Gasteiger partial charge in [-0.1, -0.05) is 6.07 Å². The maximum absolute atomic E-state index is 13.1. The van der Waals surface area contributed by atoms with E-state index in [0.29, 0.717) is 17.8 Å². The van der Waals surface area contributed by atoms with Crippen molar-refractivity contribution >= 4 is 28.7 Å². The van der Waals surface area contributed by atoms with Crippen LogP contribution in [0.2, 0.25) is 0 Å². The van der Waals surface area contributed by atoms with Crippen molar-refractivity contribution in [1.82, 2.24) is 15.2 Å². The number of hydrogen-bond acceptors (Lipinski definition) is 6. The predicted molar refractivity (Wildman–Crippen MR) is 96.7 cm³/mol. The summed E-state index contributed by atoms with van der Waals surface area (Å²) < 4.78 is 39.3. The Hall–Kier alpha value is -3.01. The molecule has 2 aromatic heterocycles. The van der Waals surface area contributed by atoms with Crippen LogP contribution in [0.4, 0.5) is 24.7 Å². The number of halogens is 3. The van der Waals surface area contributed by atoms with Crippen LogP contribution in [-0.4, -0.2) is 27.6 Å². The van der Waals surface area contributed by atoms with Gasteiger partial charge in [-0.05, 0) is 31.2 Å². The summed E-state index contributed by atoms with van der Waals surface area (Å²) in [5, 5.41) is 14.8. The highest BCUT2D eigenvalue weighted by Gasteiger charge is 2.33. The lowest BCUT2D eigenvalue weighted by atomic mass is 10.1. The Labute approximate surface area is 156 Å². The molecule has 1 amide bonds. The monoisotopic (exact) mass is 393 g/mol. The minimum absolute atomic E-state index is 0.0230. The van der Waals surface area contributed by atoms with Crippen LogP contribution in [0.25, 0.3) is 11.3 Å². The van der Waals surface area contributed by atoms with E-state index in [0.717, 1.165) is 6.07 Å². The van der Waals surface area contributed by atoms with Gasteiger partial charge >= 0.3 is 6.18 Å². The second-order valence-corrected chi connectivity index (χ2v) is 6.14. The molecule has 0 atom stereocenters. The third-order valence-corrected chi connectivity index (χ3v) is 4.15. The smallest absolute Gasteiger partial charge is 0.385 e. The summed E-state index contributed by atoms with van der Waals surface area (Å²) in [5.41, 5.74) is 1.90. The van der Waals surface area contributed by atoms with Crippen molar-refractivity contribution in [3.05, 3.63) is 52.5 Å². The molecule has 3 rings (SSSR count). The van der Waals surface area contributed by atoms with Gasteiger partial charge in [0.25, 0.3) is 5.91 Å². The van der Waals surface area contributed by atoms with E-state index in [1.165, 1.54) is 35.0 Å². The second-order valence-electron chi connectivity index (χ2n) is 5.42. The number of hydrogen-bond donors (Lipinski definition) is 2. The number of benzene rings is 1. The Kier molecular flexibility index (Phi) is 5.36. The summed E-state index contributed by atoms with van der Waals surface area (Å²) in [7, 11) is 0. The Morgan fingerprint density at radius 1 is 1.19 bits per heavy atom. The van der Waals surface area contributed by atoms with Gasteiger partial charge in [-0.3, -0.25) is 4.79 Å². The molecular formula is C17H14F3N5OS. The largest absolute Gasteiger partial charge is 0.418 e. The van der Waals surface area contributed by atoms with Crippen molar-refractivity contribution in [3.8, 4) is 11.3 Å². The van der Waals surface area contributed by atoms with Crippen LogP contribution in [-0.2, 0) is 6.18 Å². The Morgan fingerprint density at radius 2 is 2.00 bits per heavy atom. The SMILES string of the molecule is CCNc1cc(-c2ccc(NC(=O)c3cscn3)nn2)ccc1C(F)(F)F. The molecule has 3 aromatic rings. The van der Waals surface area contributed by atoms with Crippen molar-refractivity contribution in [2.45, 2.75) is 13.1 Å². The van der Waals surface area contributed by atoms with Crippen molar-refractivity contribution in [2.75, 3.05) is 17.2 Å². The molecule has 0 aliphatic heterocycles. The maximum Gasteiger partial charge on any atom is 0.418 e. The van der Waals surface area contributed by atoms with Gasteiger partial charge in [0.1, 0.15) is 5.69 Å². The van der Waals surface area contributed by atoms with Gasteiger partial charge in [-0.25, -0.2) is 4.98 Å². The topological polar surface area (TPSA) is 79.8 Å². The summed E-state index contributed by atoms with van der Waals surface area (Å²) in [6.45, 7) is 2.06. The highest BCUT2D eigenvalue weighted by molar-refractivity contribution is 7.07. The molecule has 0 fully saturated rings. The van der Waals surface area contributed by atoms with Crippen molar-refractivity contribution in [2.24, 2.45) is 0 Å². The van der Waals surface area contributed by atoms with E-state index in [2.05, 4.69) is 25.8 Å². The number of amides is 1. The number of carbonyl (C=O) groups is 1. The average molecular weight is 393 g/mol. The molecule has 0 saturated heterocycles. The summed E-state index contributed by atoms with van der Waals surface area (Å²) in [4.78, 5) is 15.8. The van der Waals surface area contributed by atoms with Crippen LogP contribution in [0.15, 0.2) is 41.2 Å². The first-order valence-electron chi connectivity index (χ1n) is 7.87. The van der Waals surface area contributed by atoms with Crippen LogP contribution in [0.5, 0.6) is 0 Å². The molecule has 0 bridgehead atoms. The minimum atomic E-state index is -4.45. The molecule has 2 heterocycles. The Balaban J connectivity index is 1.82. The predicted octanol–water partition coefficient (Wildman–Crippen LogP) is 4.30. The van der Waals surface area contributed by atoms with Crippen LogP contribution >= 0.6 is 11.3 Å². The van der Waals surface area contributed by atoms with E-state index in [1.54, 1.807) is 18.4 Å². The Morgan fingerprint density at radius 3 is 2.59 bits per heavy atom. The summed E-state index contributed by atoms with van der Waals surface area (Å²) in [6, 6.07) is 6.82. The number of anilines is 2. The molecule has 140 valence electrons. The van der Waals surface area contributed by atoms with E-state index in [-0.39, 0.29) is 17.2 Å². The van der Waals surface area contributed by atoms with Gasteiger partial charge < -0.3 is 10.6 Å². The van der Waals surface area contributed by atoms with Gasteiger partial charge in [0.15, 0.2) is 5.82 Å². The zero-order chi connectivity index (χ0) is 19.4. The van der Waals surface area contributed by atoms with Crippen LogP contribution in [0.1, 0.15) is 23.0 Å². The fraction of sp³-hybridized carbons (Fsp3) is 0.176. The fourth-order valence-electron chi connectivity index (χ4n) is 2.35. The van der Waals surface area contributed by atoms with Gasteiger partial charge in [-0.2, -0.15) is 13.2 Å². The quantitative estimate of drug-likeness (QED) is 0.676. The second kappa shape index (κ2) is 7.70. The zero-order valence-corrected chi connectivity index (χ0v) is 14.9. The highest BCUT2D eigenvalue weighted by Crippen LogP contribution is 2.36. The maximum atomic E-state index is 13.1. The van der Waals surface area contributed by atoms with E-state index < -0.39 is 17.6 Å². The summed E-state index contributed by atoms with van der Waals surface area (Å²) in [6.07, 6.45) is -4.45. The number of nitrogens with zero attached hydrogens (tertiary/aromatic N) is 3. The third-order valence-electron chi connectivity index (χ3n) is 3.56. The molecule has 10 heteroatoms. The molecule has 0 spiro atoms. The molecule has 0 unspecified atom stereocenters. The van der Waals surface area contributed by atoms with Crippen molar-refractivity contribution in [3.63, 3.8) is 0 Å². The molecule has 0 aliphatic carbocycles. The molecule has 6 nitrogen and oxygen atoms in total. The van der Waals surface area contributed by atoms with Crippen LogP contribution in [0, 0.1) is 0 Å². The number of thiazole rings is 1. The van der Waals surface area contributed by atoms with Gasteiger partial charge in [0.05, 0.1) is 16.8 Å².